The maximum atomic E-state index is 10.2. The molecule has 0 spiro atoms. The Kier molecular flexibility index (Phi) is 4.31. The van der Waals surface area contributed by atoms with Crippen molar-refractivity contribution in [2.45, 2.75) is 13.1 Å². The fraction of sp³-hybridized carbons (Fsp3) is 0.238. The van der Waals surface area contributed by atoms with Crippen LogP contribution < -0.4 is 14.2 Å². The zero-order valence-electron chi connectivity index (χ0n) is 14.9. The Bertz CT molecular complexity index is 954. The van der Waals surface area contributed by atoms with E-state index in [9.17, 15) is 5.11 Å². The Morgan fingerprint density at radius 2 is 1.69 bits per heavy atom. The van der Waals surface area contributed by atoms with Crippen LogP contribution in [0, 0.1) is 0 Å². The largest absolute Gasteiger partial charge is 0.507 e. The highest BCUT2D eigenvalue weighted by Crippen LogP contribution is 2.38. The van der Waals surface area contributed by atoms with Gasteiger partial charge in [-0.3, -0.25) is 4.90 Å². The standard InChI is InChI=1S/C21H21NO4/c1-22(12-17-9-20-21(10-19(17)23)26-13-25-20)11-14-3-4-16-8-18(24-2)6-5-15(16)7-14/h3-10,23H,11-13H2,1-2H3. The van der Waals surface area contributed by atoms with Crippen LogP contribution in [-0.4, -0.2) is 31.0 Å². The third-order valence-electron chi connectivity index (χ3n) is 4.58. The number of benzene rings is 3. The van der Waals surface area contributed by atoms with Crippen molar-refractivity contribution in [3.63, 3.8) is 0 Å². The SMILES string of the molecule is COc1ccc2cc(CN(C)Cc3cc4c(cc3O)OCO4)ccc2c1. The number of nitrogens with zero attached hydrogens (tertiary/aromatic N) is 1. The van der Waals surface area contributed by atoms with E-state index in [1.807, 2.05) is 25.2 Å². The summed E-state index contributed by atoms with van der Waals surface area (Å²) in [5.41, 5.74) is 2.03. The number of fused-ring (bicyclic) bond motifs is 2. The lowest BCUT2D eigenvalue weighted by molar-refractivity contribution is 0.174. The maximum Gasteiger partial charge on any atom is 0.231 e. The molecule has 0 unspecified atom stereocenters. The number of hydrogen-bond acceptors (Lipinski definition) is 5. The highest BCUT2D eigenvalue weighted by atomic mass is 16.7. The minimum absolute atomic E-state index is 0.204. The fourth-order valence-electron chi connectivity index (χ4n) is 3.26. The monoisotopic (exact) mass is 351 g/mol. The molecule has 1 N–H and O–H groups in total. The number of rotatable bonds is 5. The molecule has 5 nitrogen and oxygen atoms in total. The van der Waals surface area contributed by atoms with Crippen molar-refractivity contribution in [1.29, 1.82) is 0 Å². The van der Waals surface area contributed by atoms with Crippen molar-refractivity contribution >= 4 is 10.8 Å². The summed E-state index contributed by atoms with van der Waals surface area (Å²) in [6.45, 7) is 1.59. The average molecular weight is 351 g/mol. The Hall–Kier alpha value is -2.92. The smallest absolute Gasteiger partial charge is 0.231 e. The first-order valence-electron chi connectivity index (χ1n) is 8.49. The quantitative estimate of drug-likeness (QED) is 0.755. The molecular formula is C21H21NO4. The highest BCUT2D eigenvalue weighted by Gasteiger charge is 2.17. The van der Waals surface area contributed by atoms with Crippen LogP contribution in [-0.2, 0) is 13.1 Å². The van der Waals surface area contributed by atoms with Crippen LogP contribution >= 0.6 is 0 Å². The van der Waals surface area contributed by atoms with Gasteiger partial charge in [0.05, 0.1) is 7.11 Å². The van der Waals surface area contributed by atoms with Crippen molar-refractivity contribution in [3.05, 3.63) is 59.7 Å². The van der Waals surface area contributed by atoms with E-state index in [1.165, 1.54) is 10.9 Å². The fourth-order valence-corrected chi connectivity index (χ4v) is 3.26. The van der Waals surface area contributed by atoms with Gasteiger partial charge >= 0.3 is 0 Å². The molecule has 0 saturated heterocycles. The molecule has 5 heteroatoms. The summed E-state index contributed by atoms with van der Waals surface area (Å²) in [7, 11) is 3.71. The first kappa shape index (κ1) is 16.5. The van der Waals surface area contributed by atoms with Gasteiger partial charge < -0.3 is 19.3 Å². The van der Waals surface area contributed by atoms with Crippen LogP contribution in [0.1, 0.15) is 11.1 Å². The van der Waals surface area contributed by atoms with Gasteiger partial charge in [-0.25, -0.2) is 0 Å². The molecule has 0 radical (unpaired) electrons. The molecule has 3 aromatic carbocycles. The summed E-state index contributed by atoms with van der Waals surface area (Å²) in [5, 5.41) is 12.5. The molecule has 0 fully saturated rings. The summed E-state index contributed by atoms with van der Waals surface area (Å²) < 4.78 is 16.0. The minimum Gasteiger partial charge on any atom is -0.507 e. The van der Waals surface area contributed by atoms with Crippen molar-refractivity contribution in [3.8, 4) is 23.0 Å². The predicted molar refractivity (Wildman–Crippen MR) is 99.9 cm³/mol. The summed E-state index contributed by atoms with van der Waals surface area (Å²) >= 11 is 0. The number of phenolic OH excluding ortho intramolecular Hbond substituents is 1. The number of aromatic hydroxyl groups is 1. The van der Waals surface area contributed by atoms with Gasteiger partial charge in [-0.15, -0.1) is 0 Å². The molecule has 0 aromatic heterocycles. The van der Waals surface area contributed by atoms with E-state index in [0.717, 1.165) is 23.2 Å². The van der Waals surface area contributed by atoms with Gasteiger partial charge in [0, 0.05) is 24.7 Å². The molecule has 26 heavy (non-hydrogen) atoms. The average Bonchev–Trinajstić information content (AvgIpc) is 3.08. The number of hydrogen-bond donors (Lipinski definition) is 1. The van der Waals surface area contributed by atoms with E-state index in [1.54, 1.807) is 13.2 Å². The van der Waals surface area contributed by atoms with Crippen LogP contribution in [0.3, 0.4) is 0 Å². The van der Waals surface area contributed by atoms with E-state index in [2.05, 4.69) is 29.2 Å². The summed E-state index contributed by atoms with van der Waals surface area (Å²) in [6.07, 6.45) is 0. The lowest BCUT2D eigenvalue weighted by Crippen LogP contribution is -2.17. The predicted octanol–water partition coefficient (Wildman–Crippen LogP) is 3.91. The van der Waals surface area contributed by atoms with Gasteiger partial charge in [0.15, 0.2) is 11.5 Å². The van der Waals surface area contributed by atoms with Gasteiger partial charge in [0.1, 0.15) is 11.5 Å². The zero-order valence-corrected chi connectivity index (χ0v) is 14.9. The van der Waals surface area contributed by atoms with E-state index >= 15 is 0 Å². The molecule has 0 saturated carbocycles. The summed E-state index contributed by atoms with van der Waals surface area (Å²) in [4.78, 5) is 2.15. The third-order valence-corrected chi connectivity index (χ3v) is 4.58. The van der Waals surface area contributed by atoms with Crippen molar-refractivity contribution in [2.75, 3.05) is 21.0 Å². The second kappa shape index (κ2) is 6.77. The topological polar surface area (TPSA) is 51.2 Å². The van der Waals surface area contributed by atoms with Crippen LogP contribution in [0.25, 0.3) is 10.8 Å². The summed E-state index contributed by atoms with van der Waals surface area (Å²) in [6, 6.07) is 16.0. The number of phenols is 1. The van der Waals surface area contributed by atoms with Crippen LogP contribution in [0.2, 0.25) is 0 Å². The molecule has 0 amide bonds. The van der Waals surface area contributed by atoms with Gasteiger partial charge in [0.2, 0.25) is 6.79 Å². The molecule has 4 rings (SSSR count). The Labute approximate surface area is 152 Å². The number of methoxy groups -OCH3 is 1. The van der Waals surface area contributed by atoms with E-state index in [0.29, 0.717) is 18.0 Å². The summed E-state index contributed by atoms with van der Waals surface area (Å²) in [5.74, 6) is 2.37. The zero-order chi connectivity index (χ0) is 18.1. The Morgan fingerprint density at radius 3 is 2.50 bits per heavy atom. The Morgan fingerprint density at radius 1 is 0.962 bits per heavy atom. The van der Waals surface area contributed by atoms with Crippen molar-refractivity contribution in [1.82, 2.24) is 4.90 Å². The molecule has 1 aliphatic heterocycles. The van der Waals surface area contributed by atoms with Crippen molar-refractivity contribution in [2.24, 2.45) is 0 Å². The molecule has 3 aromatic rings. The molecular weight excluding hydrogens is 330 g/mol. The molecule has 134 valence electrons. The number of ether oxygens (including phenoxy) is 3. The molecule has 0 bridgehead atoms. The van der Waals surface area contributed by atoms with E-state index < -0.39 is 0 Å². The van der Waals surface area contributed by atoms with Gasteiger partial charge in [-0.1, -0.05) is 18.2 Å². The van der Waals surface area contributed by atoms with Crippen molar-refractivity contribution < 1.29 is 19.3 Å². The van der Waals surface area contributed by atoms with E-state index in [-0.39, 0.29) is 12.5 Å². The second-order valence-electron chi connectivity index (χ2n) is 6.55. The third kappa shape index (κ3) is 3.26. The molecule has 0 aliphatic carbocycles. The second-order valence-corrected chi connectivity index (χ2v) is 6.55. The molecule has 0 atom stereocenters. The van der Waals surface area contributed by atoms with E-state index in [4.69, 9.17) is 14.2 Å². The van der Waals surface area contributed by atoms with Gasteiger partial charge in [-0.05, 0) is 47.6 Å². The Balaban J connectivity index is 1.49. The minimum atomic E-state index is 0.204. The highest BCUT2D eigenvalue weighted by molar-refractivity contribution is 5.84. The molecule has 1 heterocycles. The van der Waals surface area contributed by atoms with Crippen LogP contribution in [0.15, 0.2) is 48.5 Å². The van der Waals surface area contributed by atoms with Crippen LogP contribution in [0.5, 0.6) is 23.0 Å². The molecule has 1 aliphatic rings. The lowest BCUT2D eigenvalue weighted by atomic mass is 10.1. The van der Waals surface area contributed by atoms with Gasteiger partial charge in [-0.2, -0.15) is 0 Å². The van der Waals surface area contributed by atoms with Crippen LogP contribution in [0.4, 0.5) is 0 Å². The first-order chi connectivity index (χ1) is 12.6. The first-order valence-corrected chi connectivity index (χ1v) is 8.49. The lowest BCUT2D eigenvalue weighted by Gasteiger charge is -2.18. The maximum absolute atomic E-state index is 10.2. The van der Waals surface area contributed by atoms with Gasteiger partial charge in [0.25, 0.3) is 0 Å². The normalized spacial score (nSPS) is 12.7.